The molecule has 0 spiro atoms. The first-order valence-corrected chi connectivity index (χ1v) is 12.0. The van der Waals surface area contributed by atoms with Crippen LogP contribution in [-0.4, -0.2) is 10.9 Å². The number of nitriles is 1. The molecular formula is C31H24FN3O2. The molecule has 0 saturated heterocycles. The molecule has 1 amide bonds. The average molecular weight is 490 g/mol. The van der Waals surface area contributed by atoms with Gasteiger partial charge in [-0.1, -0.05) is 50.2 Å². The molecule has 182 valence electrons. The Morgan fingerprint density at radius 1 is 0.946 bits per heavy atom. The lowest BCUT2D eigenvalue weighted by molar-refractivity contribution is 0.0951. The standard InChI is InChI=1S/C31H24FN3O2/c1-19(2)27-15-21(17-33)16-28-29(27)37-31(35-28)25-9-7-24(8-10-25)30(36)34-18-20-3-5-22(6-4-20)23-11-13-26(32)14-12-23/h3-16,19H,18H2,1-2H3,(H,34,36). The Labute approximate surface area is 214 Å². The summed E-state index contributed by atoms with van der Waals surface area (Å²) in [6.07, 6.45) is 0. The third-order valence-electron chi connectivity index (χ3n) is 6.25. The fourth-order valence-electron chi connectivity index (χ4n) is 4.18. The topological polar surface area (TPSA) is 78.9 Å². The quantitative estimate of drug-likeness (QED) is 0.273. The highest BCUT2D eigenvalue weighted by Gasteiger charge is 2.16. The number of rotatable bonds is 6. The zero-order valence-corrected chi connectivity index (χ0v) is 20.5. The summed E-state index contributed by atoms with van der Waals surface area (Å²) >= 11 is 0. The van der Waals surface area contributed by atoms with Crippen molar-refractivity contribution in [3.8, 4) is 28.7 Å². The Morgan fingerprint density at radius 3 is 2.19 bits per heavy atom. The second kappa shape index (κ2) is 10.1. The highest BCUT2D eigenvalue weighted by atomic mass is 19.1. The SMILES string of the molecule is CC(C)c1cc(C#N)cc2nc(-c3ccc(C(=O)NCc4ccc(-c5ccc(F)cc5)cc4)cc3)oc12. The smallest absolute Gasteiger partial charge is 0.251 e. The van der Waals surface area contributed by atoms with Crippen LogP contribution in [-0.2, 0) is 6.54 Å². The lowest BCUT2D eigenvalue weighted by Gasteiger charge is -2.07. The van der Waals surface area contributed by atoms with E-state index in [2.05, 4.69) is 16.4 Å². The molecule has 6 heteroatoms. The van der Waals surface area contributed by atoms with Crippen LogP contribution in [0.25, 0.3) is 33.7 Å². The van der Waals surface area contributed by atoms with Crippen molar-refractivity contribution in [3.05, 3.63) is 113 Å². The molecule has 5 nitrogen and oxygen atoms in total. The summed E-state index contributed by atoms with van der Waals surface area (Å²) in [5.74, 6) is 0.175. The third kappa shape index (κ3) is 5.12. The van der Waals surface area contributed by atoms with Gasteiger partial charge >= 0.3 is 0 Å². The van der Waals surface area contributed by atoms with Gasteiger partial charge in [-0.3, -0.25) is 4.79 Å². The molecule has 0 aliphatic carbocycles. The number of aromatic nitrogens is 1. The summed E-state index contributed by atoms with van der Waals surface area (Å²) < 4.78 is 19.2. The molecule has 0 unspecified atom stereocenters. The van der Waals surface area contributed by atoms with Gasteiger partial charge in [0.25, 0.3) is 5.91 Å². The number of carbonyl (C=O) groups excluding carboxylic acids is 1. The highest BCUT2D eigenvalue weighted by molar-refractivity contribution is 5.94. The van der Waals surface area contributed by atoms with Crippen molar-refractivity contribution in [2.75, 3.05) is 0 Å². The Morgan fingerprint density at radius 2 is 1.57 bits per heavy atom. The number of hydrogen-bond acceptors (Lipinski definition) is 4. The fourth-order valence-corrected chi connectivity index (χ4v) is 4.18. The fraction of sp³-hybridized carbons (Fsp3) is 0.129. The molecule has 5 aromatic rings. The Bertz CT molecular complexity index is 1610. The normalized spacial score (nSPS) is 11.0. The number of fused-ring (bicyclic) bond motifs is 1. The van der Waals surface area contributed by atoms with E-state index < -0.39 is 0 Å². The molecule has 1 heterocycles. The number of halogens is 1. The van der Waals surface area contributed by atoms with E-state index >= 15 is 0 Å². The van der Waals surface area contributed by atoms with Crippen LogP contribution < -0.4 is 5.32 Å². The van der Waals surface area contributed by atoms with Gasteiger partial charge in [-0.25, -0.2) is 9.37 Å². The third-order valence-corrected chi connectivity index (χ3v) is 6.25. The summed E-state index contributed by atoms with van der Waals surface area (Å²) in [6, 6.07) is 27.0. The van der Waals surface area contributed by atoms with Gasteiger partial charge in [0, 0.05) is 23.2 Å². The van der Waals surface area contributed by atoms with Crippen molar-refractivity contribution < 1.29 is 13.6 Å². The first-order valence-electron chi connectivity index (χ1n) is 12.0. The molecule has 1 aromatic heterocycles. The molecule has 0 saturated carbocycles. The second-order valence-corrected chi connectivity index (χ2v) is 9.16. The Hall–Kier alpha value is -4.76. The molecule has 0 fully saturated rings. The van der Waals surface area contributed by atoms with E-state index in [0.29, 0.717) is 34.7 Å². The molecule has 1 N–H and O–H groups in total. The Kier molecular flexibility index (Phi) is 6.53. The highest BCUT2D eigenvalue weighted by Crippen LogP contribution is 2.31. The van der Waals surface area contributed by atoms with E-state index in [4.69, 9.17) is 4.42 Å². The molecule has 0 atom stereocenters. The largest absolute Gasteiger partial charge is 0.436 e. The maximum Gasteiger partial charge on any atom is 0.251 e. The van der Waals surface area contributed by atoms with Gasteiger partial charge in [0.15, 0.2) is 5.58 Å². The first kappa shape index (κ1) is 24.0. The maximum absolute atomic E-state index is 13.1. The van der Waals surface area contributed by atoms with E-state index in [-0.39, 0.29) is 17.6 Å². The summed E-state index contributed by atoms with van der Waals surface area (Å²) in [4.78, 5) is 17.3. The predicted octanol–water partition coefficient (Wildman–Crippen LogP) is 7.23. The van der Waals surface area contributed by atoms with Crippen LogP contribution in [0.2, 0.25) is 0 Å². The van der Waals surface area contributed by atoms with Crippen molar-refractivity contribution in [1.82, 2.24) is 10.3 Å². The summed E-state index contributed by atoms with van der Waals surface area (Å²) in [5, 5.41) is 12.3. The Balaban J connectivity index is 1.27. The van der Waals surface area contributed by atoms with Gasteiger partial charge in [-0.15, -0.1) is 0 Å². The van der Waals surface area contributed by atoms with Crippen molar-refractivity contribution >= 4 is 17.0 Å². The van der Waals surface area contributed by atoms with Gasteiger partial charge in [-0.05, 0) is 71.1 Å². The molecule has 5 rings (SSSR count). The number of hydrogen-bond donors (Lipinski definition) is 1. The van der Waals surface area contributed by atoms with Crippen LogP contribution >= 0.6 is 0 Å². The number of amides is 1. The van der Waals surface area contributed by atoms with Crippen LogP contribution in [0.3, 0.4) is 0 Å². The minimum Gasteiger partial charge on any atom is -0.436 e. The molecule has 0 radical (unpaired) electrons. The molecule has 4 aromatic carbocycles. The predicted molar refractivity (Wildman–Crippen MR) is 141 cm³/mol. The number of benzene rings is 4. The van der Waals surface area contributed by atoms with Crippen LogP contribution in [0.5, 0.6) is 0 Å². The number of oxazole rings is 1. The molecular weight excluding hydrogens is 465 g/mol. The van der Waals surface area contributed by atoms with E-state index in [1.54, 1.807) is 42.5 Å². The first-order chi connectivity index (χ1) is 17.9. The van der Waals surface area contributed by atoms with Crippen molar-refractivity contribution in [3.63, 3.8) is 0 Å². The lowest BCUT2D eigenvalue weighted by atomic mass is 10.00. The van der Waals surface area contributed by atoms with Crippen molar-refractivity contribution in [2.24, 2.45) is 0 Å². The van der Waals surface area contributed by atoms with Gasteiger partial charge in [0.2, 0.25) is 5.89 Å². The van der Waals surface area contributed by atoms with Gasteiger partial charge < -0.3 is 9.73 Å². The molecule has 0 aliphatic heterocycles. The molecule has 37 heavy (non-hydrogen) atoms. The van der Waals surface area contributed by atoms with E-state index in [9.17, 15) is 14.4 Å². The number of carbonyl (C=O) groups is 1. The van der Waals surface area contributed by atoms with Crippen LogP contribution in [0.1, 0.15) is 46.8 Å². The molecule has 0 aliphatic rings. The van der Waals surface area contributed by atoms with E-state index in [0.717, 1.165) is 27.8 Å². The van der Waals surface area contributed by atoms with E-state index in [1.807, 2.05) is 44.2 Å². The average Bonchev–Trinajstić information content (AvgIpc) is 3.36. The zero-order chi connectivity index (χ0) is 25.9. The minimum atomic E-state index is -0.264. The monoisotopic (exact) mass is 489 g/mol. The summed E-state index contributed by atoms with van der Waals surface area (Å²) in [7, 11) is 0. The summed E-state index contributed by atoms with van der Waals surface area (Å²) in [6.45, 7) is 4.48. The van der Waals surface area contributed by atoms with Gasteiger partial charge in [-0.2, -0.15) is 5.26 Å². The van der Waals surface area contributed by atoms with Gasteiger partial charge in [0.05, 0.1) is 11.6 Å². The van der Waals surface area contributed by atoms with Crippen LogP contribution in [0, 0.1) is 17.1 Å². The number of nitrogens with zero attached hydrogens (tertiary/aromatic N) is 2. The summed E-state index contributed by atoms with van der Waals surface area (Å²) in [5.41, 5.74) is 6.95. The number of nitrogens with one attached hydrogen (secondary N) is 1. The molecule has 0 bridgehead atoms. The van der Waals surface area contributed by atoms with Gasteiger partial charge in [0.1, 0.15) is 11.3 Å². The van der Waals surface area contributed by atoms with Crippen molar-refractivity contribution in [1.29, 1.82) is 5.26 Å². The van der Waals surface area contributed by atoms with Crippen LogP contribution in [0.15, 0.2) is 89.3 Å². The second-order valence-electron chi connectivity index (χ2n) is 9.16. The zero-order valence-electron chi connectivity index (χ0n) is 20.5. The lowest BCUT2D eigenvalue weighted by Crippen LogP contribution is -2.22. The van der Waals surface area contributed by atoms with Crippen molar-refractivity contribution in [2.45, 2.75) is 26.3 Å². The van der Waals surface area contributed by atoms with Crippen LogP contribution in [0.4, 0.5) is 4.39 Å². The van der Waals surface area contributed by atoms with E-state index in [1.165, 1.54) is 12.1 Å². The maximum atomic E-state index is 13.1. The minimum absolute atomic E-state index is 0.182.